The summed E-state index contributed by atoms with van der Waals surface area (Å²) >= 11 is 0. The van der Waals surface area contributed by atoms with Gasteiger partial charge in [-0.25, -0.2) is 4.79 Å². The molecule has 1 N–H and O–H groups in total. The van der Waals surface area contributed by atoms with E-state index in [4.69, 9.17) is 5.11 Å². The zero-order valence-electron chi connectivity index (χ0n) is 11.9. The van der Waals surface area contributed by atoms with Crippen molar-refractivity contribution >= 4 is 12.0 Å². The number of likely N-dealkylation sites (tertiary alicyclic amines) is 2. The monoisotopic (exact) mass is 268 g/mol. The van der Waals surface area contributed by atoms with E-state index in [0.29, 0.717) is 12.0 Å². The molecule has 0 aromatic heterocycles. The highest BCUT2D eigenvalue weighted by Crippen LogP contribution is 2.31. The van der Waals surface area contributed by atoms with Crippen LogP contribution in [-0.2, 0) is 4.79 Å². The molecule has 2 aliphatic heterocycles. The van der Waals surface area contributed by atoms with Gasteiger partial charge >= 0.3 is 12.0 Å². The Kier molecular flexibility index (Phi) is 4.02. The SMILES string of the molecule is CC1(C)CCN(C(=O)N2CCCC2CC(=O)O)CC1. The lowest BCUT2D eigenvalue weighted by atomic mass is 9.83. The van der Waals surface area contributed by atoms with Crippen molar-refractivity contribution in [3.05, 3.63) is 0 Å². The average Bonchev–Trinajstić information content (AvgIpc) is 2.75. The van der Waals surface area contributed by atoms with Crippen molar-refractivity contribution < 1.29 is 14.7 Å². The molecule has 2 amide bonds. The highest BCUT2D eigenvalue weighted by molar-refractivity contribution is 5.76. The molecule has 0 saturated carbocycles. The van der Waals surface area contributed by atoms with E-state index in [0.717, 1.165) is 38.8 Å². The molecule has 2 rings (SSSR count). The maximum absolute atomic E-state index is 12.5. The van der Waals surface area contributed by atoms with E-state index in [2.05, 4.69) is 13.8 Å². The molecule has 0 bridgehead atoms. The van der Waals surface area contributed by atoms with Gasteiger partial charge in [-0.05, 0) is 31.1 Å². The van der Waals surface area contributed by atoms with Crippen LogP contribution < -0.4 is 0 Å². The van der Waals surface area contributed by atoms with Gasteiger partial charge < -0.3 is 14.9 Å². The molecule has 1 atom stereocenters. The van der Waals surface area contributed by atoms with E-state index in [1.807, 2.05) is 4.90 Å². The normalized spacial score (nSPS) is 26.5. The summed E-state index contributed by atoms with van der Waals surface area (Å²) in [5.41, 5.74) is 0.322. The number of rotatable bonds is 2. The van der Waals surface area contributed by atoms with Gasteiger partial charge in [0.1, 0.15) is 0 Å². The van der Waals surface area contributed by atoms with Crippen LogP contribution in [0.1, 0.15) is 46.0 Å². The van der Waals surface area contributed by atoms with Crippen LogP contribution in [0.25, 0.3) is 0 Å². The Morgan fingerprint density at radius 1 is 1.21 bits per heavy atom. The fourth-order valence-electron chi connectivity index (χ4n) is 2.99. The number of aliphatic carboxylic acids is 1. The second-order valence-corrected chi connectivity index (χ2v) is 6.52. The zero-order valence-corrected chi connectivity index (χ0v) is 11.9. The Morgan fingerprint density at radius 2 is 1.84 bits per heavy atom. The fourth-order valence-corrected chi connectivity index (χ4v) is 2.99. The minimum Gasteiger partial charge on any atom is -0.481 e. The summed E-state index contributed by atoms with van der Waals surface area (Å²) < 4.78 is 0. The van der Waals surface area contributed by atoms with Gasteiger partial charge in [0.2, 0.25) is 0 Å². The van der Waals surface area contributed by atoms with Crippen molar-refractivity contribution in [1.82, 2.24) is 9.80 Å². The van der Waals surface area contributed by atoms with Gasteiger partial charge in [0.15, 0.2) is 0 Å². The summed E-state index contributed by atoms with van der Waals surface area (Å²) in [6.07, 6.45) is 3.86. The number of carboxylic acid groups (broad SMARTS) is 1. The fraction of sp³-hybridized carbons (Fsp3) is 0.857. The number of carbonyl (C=O) groups excluding carboxylic acids is 1. The first-order valence-electron chi connectivity index (χ1n) is 7.16. The molecule has 2 saturated heterocycles. The summed E-state index contributed by atoms with van der Waals surface area (Å²) in [6.45, 7) is 6.76. The number of carbonyl (C=O) groups is 2. The van der Waals surface area contributed by atoms with E-state index in [1.54, 1.807) is 4.90 Å². The number of nitrogens with zero attached hydrogens (tertiary/aromatic N) is 2. The van der Waals surface area contributed by atoms with E-state index < -0.39 is 5.97 Å². The van der Waals surface area contributed by atoms with Gasteiger partial charge in [0.25, 0.3) is 0 Å². The predicted molar refractivity (Wildman–Crippen MR) is 72.0 cm³/mol. The minimum absolute atomic E-state index is 0.0410. The maximum atomic E-state index is 12.5. The lowest BCUT2D eigenvalue weighted by Crippen LogP contribution is -2.49. The van der Waals surface area contributed by atoms with Gasteiger partial charge in [-0.3, -0.25) is 4.79 Å². The Hall–Kier alpha value is -1.26. The molecule has 0 spiro atoms. The molecule has 19 heavy (non-hydrogen) atoms. The van der Waals surface area contributed by atoms with Crippen molar-refractivity contribution in [3.63, 3.8) is 0 Å². The standard InChI is InChI=1S/C14H24N2O3/c1-14(2)5-8-15(9-6-14)13(19)16-7-3-4-11(16)10-12(17)18/h11H,3-10H2,1-2H3,(H,17,18). The van der Waals surface area contributed by atoms with Crippen molar-refractivity contribution in [2.75, 3.05) is 19.6 Å². The van der Waals surface area contributed by atoms with Gasteiger partial charge in [0.05, 0.1) is 6.42 Å². The molecule has 0 aromatic rings. The van der Waals surface area contributed by atoms with Gasteiger partial charge in [-0.1, -0.05) is 13.8 Å². The smallest absolute Gasteiger partial charge is 0.320 e. The summed E-state index contributed by atoms with van der Waals surface area (Å²) in [6, 6.07) is -0.0702. The second-order valence-electron chi connectivity index (χ2n) is 6.52. The molecular weight excluding hydrogens is 244 g/mol. The summed E-state index contributed by atoms with van der Waals surface area (Å²) in [5, 5.41) is 8.90. The van der Waals surface area contributed by atoms with Crippen LogP contribution in [-0.4, -0.2) is 52.6 Å². The molecule has 1 unspecified atom stereocenters. The first kappa shape index (κ1) is 14.2. The summed E-state index contributed by atoms with van der Waals surface area (Å²) in [7, 11) is 0. The molecule has 0 aliphatic carbocycles. The Bertz CT molecular complexity index is 358. The van der Waals surface area contributed by atoms with Crippen LogP contribution in [0.4, 0.5) is 4.79 Å². The van der Waals surface area contributed by atoms with Gasteiger partial charge in [-0.15, -0.1) is 0 Å². The Morgan fingerprint density at radius 3 is 2.42 bits per heavy atom. The first-order valence-corrected chi connectivity index (χ1v) is 7.16. The molecule has 5 heteroatoms. The molecule has 0 radical (unpaired) electrons. The number of hydrogen-bond acceptors (Lipinski definition) is 2. The molecule has 2 fully saturated rings. The van der Waals surface area contributed by atoms with Crippen molar-refractivity contribution in [2.45, 2.75) is 52.0 Å². The molecule has 2 aliphatic rings. The maximum Gasteiger partial charge on any atom is 0.320 e. The molecule has 5 nitrogen and oxygen atoms in total. The average molecular weight is 268 g/mol. The van der Waals surface area contributed by atoms with E-state index in [-0.39, 0.29) is 18.5 Å². The first-order chi connectivity index (χ1) is 8.89. The topological polar surface area (TPSA) is 60.9 Å². The predicted octanol–water partition coefficient (Wildman–Crippen LogP) is 2.17. The van der Waals surface area contributed by atoms with Gasteiger partial charge in [-0.2, -0.15) is 0 Å². The van der Waals surface area contributed by atoms with Gasteiger partial charge in [0, 0.05) is 25.7 Å². The van der Waals surface area contributed by atoms with Crippen molar-refractivity contribution in [2.24, 2.45) is 5.41 Å². The third kappa shape index (κ3) is 3.39. The molecule has 0 aromatic carbocycles. The quantitative estimate of drug-likeness (QED) is 0.835. The van der Waals surface area contributed by atoms with E-state index >= 15 is 0 Å². The number of urea groups is 1. The molecular formula is C14H24N2O3. The number of carboxylic acids is 1. The second kappa shape index (κ2) is 5.39. The van der Waals surface area contributed by atoms with E-state index in [1.165, 1.54) is 0 Å². The Balaban J connectivity index is 1.94. The lowest BCUT2D eigenvalue weighted by molar-refractivity contribution is -0.138. The zero-order chi connectivity index (χ0) is 14.0. The van der Waals surface area contributed by atoms with Crippen molar-refractivity contribution in [1.29, 1.82) is 0 Å². The van der Waals surface area contributed by atoms with Crippen LogP contribution >= 0.6 is 0 Å². The largest absolute Gasteiger partial charge is 0.481 e. The van der Waals surface area contributed by atoms with E-state index in [9.17, 15) is 9.59 Å². The molecule has 2 heterocycles. The van der Waals surface area contributed by atoms with Crippen LogP contribution in [0.15, 0.2) is 0 Å². The van der Waals surface area contributed by atoms with Crippen LogP contribution in [0.2, 0.25) is 0 Å². The molecule has 108 valence electrons. The summed E-state index contributed by atoms with van der Waals surface area (Å²) in [5.74, 6) is -0.815. The lowest BCUT2D eigenvalue weighted by Gasteiger charge is -2.39. The number of hydrogen-bond donors (Lipinski definition) is 1. The highest BCUT2D eigenvalue weighted by atomic mass is 16.4. The number of piperidine rings is 1. The third-order valence-electron chi connectivity index (χ3n) is 4.42. The summed E-state index contributed by atoms with van der Waals surface area (Å²) in [4.78, 5) is 27.0. The van der Waals surface area contributed by atoms with Crippen molar-refractivity contribution in [3.8, 4) is 0 Å². The van der Waals surface area contributed by atoms with Crippen LogP contribution in [0.3, 0.4) is 0 Å². The number of amides is 2. The van der Waals surface area contributed by atoms with Crippen LogP contribution in [0.5, 0.6) is 0 Å². The minimum atomic E-state index is -0.815. The highest BCUT2D eigenvalue weighted by Gasteiger charge is 2.35. The third-order valence-corrected chi connectivity index (χ3v) is 4.42. The van der Waals surface area contributed by atoms with Crippen LogP contribution in [0, 0.1) is 5.41 Å². The Labute approximate surface area is 114 Å².